The van der Waals surface area contributed by atoms with E-state index in [-0.39, 0.29) is 0 Å². The van der Waals surface area contributed by atoms with Crippen LogP contribution in [0.3, 0.4) is 0 Å². The van der Waals surface area contributed by atoms with E-state index in [0.29, 0.717) is 0 Å². The van der Waals surface area contributed by atoms with Crippen LogP contribution in [0.25, 0.3) is 0 Å². The normalized spacial score (nSPS) is 10.3. The molecule has 4 heteroatoms. The summed E-state index contributed by atoms with van der Waals surface area (Å²) in [6.45, 7) is 5.86. The predicted octanol–water partition coefficient (Wildman–Crippen LogP) is 3.24. The van der Waals surface area contributed by atoms with Gasteiger partial charge in [-0.05, 0) is 37.6 Å². The Kier molecular flexibility index (Phi) is 4.93. The van der Waals surface area contributed by atoms with Crippen LogP contribution in [0.15, 0.2) is 36.4 Å². The first kappa shape index (κ1) is 14.3. The van der Waals surface area contributed by atoms with Crippen LogP contribution in [-0.2, 0) is 6.54 Å². The van der Waals surface area contributed by atoms with Gasteiger partial charge in [-0.25, -0.2) is 4.98 Å². The minimum absolute atomic E-state index is 0.756. The molecule has 106 valence electrons. The van der Waals surface area contributed by atoms with Crippen molar-refractivity contribution >= 4 is 11.6 Å². The maximum atomic E-state index is 4.62. The molecule has 1 N–H and O–H groups in total. The Labute approximate surface area is 120 Å². The molecule has 20 heavy (non-hydrogen) atoms. The van der Waals surface area contributed by atoms with E-state index in [9.17, 15) is 0 Å². The summed E-state index contributed by atoms with van der Waals surface area (Å²) in [5, 5.41) is 3.31. The van der Waals surface area contributed by atoms with Crippen LogP contribution in [0.5, 0.6) is 0 Å². The van der Waals surface area contributed by atoms with Gasteiger partial charge in [0.2, 0.25) is 0 Å². The van der Waals surface area contributed by atoms with Gasteiger partial charge in [0.1, 0.15) is 11.6 Å². The van der Waals surface area contributed by atoms with Crippen LogP contribution in [-0.4, -0.2) is 23.6 Å². The van der Waals surface area contributed by atoms with Crippen LogP contribution >= 0.6 is 0 Å². The lowest BCUT2D eigenvalue weighted by Gasteiger charge is -2.18. The van der Waals surface area contributed by atoms with Gasteiger partial charge in [-0.3, -0.25) is 4.98 Å². The van der Waals surface area contributed by atoms with E-state index in [1.807, 2.05) is 50.4 Å². The highest BCUT2D eigenvalue weighted by molar-refractivity contribution is 5.46. The second kappa shape index (κ2) is 6.89. The van der Waals surface area contributed by atoms with Gasteiger partial charge >= 0.3 is 0 Å². The standard InChI is InChI=1S/C16H22N4/c1-4-11-17-15-9-6-10-16(19-15)20(3)12-14-8-5-7-13(2)18-14/h5-10H,4,11-12H2,1-3H3,(H,17,19). The Balaban J connectivity index is 2.06. The first-order chi connectivity index (χ1) is 9.69. The average molecular weight is 270 g/mol. The van der Waals surface area contributed by atoms with Gasteiger partial charge < -0.3 is 10.2 Å². The van der Waals surface area contributed by atoms with E-state index in [0.717, 1.165) is 42.5 Å². The van der Waals surface area contributed by atoms with Crippen molar-refractivity contribution in [3.8, 4) is 0 Å². The number of hydrogen-bond donors (Lipinski definition) is 1. The van der Waals surface area contributed by atoms with Crippen molar-refractivity contribution in [1.82, 2.24) is 9.97 Å². The highest BCUT2D eigenvalue weighted by atomic mass is 15.2. The van der Waals surface area contributed by atoms with Crippen molar-refractivity contribution in [2.45, 2.75) is 26.8 Å². The topological polar surface area (TPSA) is 41.0 Å². The van der Waals surface area contributed by atoms with Gasteiger partial charge in [0, 0.05) is 19.3 Å². The number of rotatable bonds is 6. The van der Waals surface area contributed by atoms with Crippen molar-refractivity contribution in [1.29, 1.82) is 0 Å². The molecule has 0 atom stereocenters. The SMILES string of the molecule is CCCNc1cccc(N(C)Cc2cccc(C)n2)n1. The van der Waals surface area contributed by atoms with E-state index in [1.165, 1.54) is 0 Å². The number of anilines is 2. The van der Waals surface area contributed by atoms with Crippen LogP contribution in [0.2, 0.25) is 0 Å². The molecular formula is C16H22N4. The summed E-state index contributed by atoms with van der Waals surface area (Å²) < 4.78 is 0. The summed E-state index contributed by atoms with van der Waals surface area (Å²) in [6, 6.07) is 12.1. The quantitative estimate of drug-likeness (QED) is 0.875. The Morgan fingerprint density at radius 1 is 1.10 bits per heavy atom. The highest BCUT2D eigenvalue weighted by Gasteiger charge is 2.05. The number of nitrogens with one attached hydrogen (secondary N) is 1. The van der Waals surface area contributed by atoms with E-state index in [1.54, 1.807) is 0 Å². The minimum atomic E-state index is 0.756. The lowest BCUT2D eigenvalue weighted by molar-refractivity contribution is 0.858. The average Bonchev–Trinajstić information content (AvgIpc) is 2.45. The van der Waals surface area contributed by atoms with Crippen LogP contribution in [0, 0.1) is 6.92 Å². The molecule has 0 unspecified atom stereocenters. The molecule has 4 nitrogen and oxygen atoms in total. The number of aryl methyl sites for hydroxylation is 1. The van der Waals surface area contributed by atoms with Gasteiger partial charge in [0.25, 0.3) is 0 Å². The zero-order valence-electron chi connectivity index (χ0n) is 12.4. The maximum Gasteiger partial charge on any atom is 0.131 e. The molecule has 0 saturated carbocycles. The molecule has 2 rings (SSSR count). The Morgan fingerprint density at radius 3 is 2.65 bits per heavy atom. The number of aromatic nitrogens is 2. The molecule has 0 bridgehead atoms. The van der Waals surface area contributed by atoms with Gasteiger partial charge in [-0.2, -0.15) is 0 Å². The van der Waals surface area contributed by atoms with E-state index >= 15 is 0 Å². The lowest BCUT2D eigenvalue weighted by Crippen LogP contribution is -2.19. The third kappa shape index (κ3) is 3.95. The highest BCUT2D eigenvalue weighted by Crippen LogP contribution is 2.15. The first-order valence-electron chi connectivity index (χ1n) is 7.03. The Morgan fingerprint density at radius 2 is 1.90 bits per heavy atom. The fourth-order valence-corrected chi connectivity index (χ4v) is 2.00. The number of pyridine rings is 2. The molecule has 2 aromatic heterocycles. The largest absolute Gasteiger partial charge is 0.370 e. The summed E-state index contributed by atoms with van der Waals surface area (Å²) in [6.07, 6.45) is 1.09. The molecule has 0 aliphatic heterocycles. The second-order valence-corrected chi connectivity index (χ2v) is 4.93. The second-order valence-electron chi connectivity index (χ2n) is 4.93. The summed E-state index contributed by atoms with van der Waals surface area (Å²) in [7, 11) is 2.04. The zero-order chi connectivity index (χ0) is 14.4. The summed E-state index contributed by atoms with van der Waals surface area (Å²) >= 11 is 0. The lowest BCUT2D eigenvalue weighted by atomic mass is 10.3. The van der Waals surface area contributed by atoms with Crippen LogP contribution < -0.4 is 10.2 Å². The minimum Gasteiger partial charge on any atom is -0.370 e. The first-order valence-corrected chi connectivity index (χ1v) is 7.03. The summed E-state index contributed by atoms with van der Waals surface area (Å²) in [5.74, 6) is 1.88. The summed E-state index contributed by atoms with van der Waals surface area (Å²) in [4.78, 5) is 11.3. The van der Waals surface area contributed by atoms with Gasteiger partial charge in [0.05, 0.1) is 12.2 Å². The smallest absolute Gasteiger partial charge is 0.131 e. The van der Waals surface area contributed by atoms with Gasteiger partial charge in [0.15, 0.2) is 0 Å². The Hall–Kier alpha value is -2.10. The van der Waals surface area contributed by atoms with Crippen LogP contribution in [0.1, 0.15) is 24.7 Å². The third-order valence-electron chi connectivity index (χ3n) is 3.03. The van der Waals surface area contributed by atoms with Crippen molar-refractivity contribution < 1.29 is 0 Å². The fraction of sp³-hybridized carbons (Fsp3) is 0.375. The monoisotopic (exact) mass is 270 g/mol. The molecule has 0 fully saturated rings. The number of nitrogens with zero attached hydrogens (tertiary/aromatic N) is 3. The molecule has 2 aromatic rings. The van der Waals surface area contributed by atoms with Crippen molar-refractivity contribution in [2.75, 3.05) is 23.8 Å². The van der Waals surface area contributed by atoms with E-state index < -0.39 is 0 Å². The van der Waals surface area contributed by atoms with Crippen molar-refractivity contribution in [2.24, 2.45) is 0 Å². The summed E-state index contributed by atoms with van der Waals surface area (Å²) in [5.41, 5.74) is 2.10. The van der Waals surface area contributed by atoms with Gasteiger partial charge in [-0.1, -0.05) is 19.1 Å². The number of hydrogen-bond acceptors (Lipinski definition) is 4. The molecule has 0 amide bonds. The Bertz CT molecular complexity index is 554. The maximum absolute atomic E-state index is 4.62. The van der Waals surface area contributed by atoms with Gasteiger partial charge in [-0.15, -0.1) is 0 Å². The van der Waals surface area contributed by atoms with E-state index in [2.05, 4.69) is 27.1 Å². The molecule has 0 spiro atoms. The van der Waals surface area contributed by atoms with Crippen molar-refractivity contribution in [3.05, 3.63) is 47.8 Å². The fourth-order valence-electron chi connectivity index (χ4n) is 2.00. The zero-order valence-corrected chi connectivity index (χ0v) is 12.4. The molecule has 0 aliphatic rings. The van der Waals surface area contributed by atoms with Crippen LogP contribution in [0.4, 0.5) is 11.6 Å². The molecule has 0 aliphatic carbocycles. The van der Waals surface area contributed by atoms with E-state index in [4.69, 9.17) is 0 Å². The molecule has 0 radical (unpaired) electrons. The molecule has 0 saturated heterocycles. The predicted molar refractivity (Wildman–Crippen MR) is 84.1 cm³/mol. The molecular weight excluding hydrogens is 248 g/mol. The molecule has 2 heterocycles. The van der Waals surface area contributed by atoms with Crippen molar-refractivity contribution in [3.63, 3.8) is 0 Å². The molecule has 0 aromatic carbocycles. The third-order valence-corrected chi connectivity index (χ3v) is 3.03.